The highest BCUT2D eigenvalue weighted by molar-refractivity contribution is 5.73. The Bertz CT molecular complexity index is 396. The van der Waals surface area contributed by atoms with Crippen LogP contribution in [-0.2, 0) is 11.3 Å². The molecule has 1 aliphatic carbocycles. The average Bonchev–Trinajstić information content (AvgIpc) is 2.88. The molecule has 1 amide bonds. The first kappa shape index (κ1) is 14.1. The van der Waals surface area contributed by atoms with Crippen molar-refractivity contribution < 1.29 is 4.79 Å². The van der Waals surface area contributed by atoms with Gasteiger partial charge in [0.2, 0.25) is 5.91 Å². The third kappa shape index (κ3) is 4.67. The zero-order valence-corrected chi connectivity index (χ0v) is 11.5. The summed E-state index contributed by atoms with van der Waals surface area (Å²) in [6, 6.07) is 2.67. The standard InChI is InChI=1S/C14H24N4O/c15-14(19)7-4-9-16-11-12-8-10-18(17-12)13-5-2-1-3-6-13/h8,10,13,16H,1-7,9,11H2,(H2,15,19). The van der Waals surface area contributed by atoms with Gasteiger partial charge in [-0.25, -0.2) is 0 Å². The lowest BCUT2D eigenvalue weighted by molar-refractivity contribution is -0.118. The van der Waals surface area contributed by atoms with Crippen molar-refractivity contribution in [1.82, 2.24) is 15.1 Å². The Kier molecular flexibility index (Phi) is 5.39. The maximum absolute atomic E-state index is 10.6. The Morgan fingerprint density at radius 3 is 2.95 bits per heavy atom. The van der Waals surface area contributed by atoms with Crippen molar-refractivity contribution in [1.29, 1.82) is 0 Å². The van der Waals surface area contributed by atoms with Gasteiger partial charge in [0.15, 0.2) is 0 Å². The van der Waals surface area contributed by atoms with Crippen molar-refractivity contribution in [3.8, 4) is 0 Å². The highest BCUT2D eigenvalue weighted by Crippen LogP contribution is 2.27. The van der Waals surface area contributed by atoms with Crippen molar-refractivity contribution in [2.75, 3.05) is 6.54 Å². The molecule has 1 saturated carbocycles. The van der Waals surface area contributed by atoms with E-state index in [0.29, 0.717) is 12.5 Å². The second-order valence-electron chi connectivity index (χ2n) is 5.33. The number of primary amides is 1. The zero-order valence-electron chi connectivity index (χ0n) is 11.5. The molecule has 0 saturated heterocycles. The molecule has 1 fully saturated rings. The van der Waals surface area contributed by atoms with Crippen molar-refractivity contribution in [2.24, 2.45) is 5.73 Å². The molecule has 0 aliphatic heterocycles. The molecule has 2 rings (SSSR count). The van der Waals surface area contributed by atoms with Crippen molar-refractivity contribution >= 4 is 5.91 Å². The number of carbonyl (C=O) groups excluding carboxylic acids is 1. The minimum Gasteiger partial charge on any atom is -0.370 e. The van der Waals surface area contributed by atoms with Crippen LogP contribution >= 0.6 is 0 Å². The van der Waals surface area contributed by atoms with Gasteiger partial charge in [0.25, 0.3) is 0 Å². The number of carbonyl (C=O) groups is 1. The van der Waals surface area contributed by atoms with Crippen LogP contribution in [-0.4, -0.2) is 22.2 Å². The number of aromatic nitrogens is 2. The Balaban J connectivity index is 1.70. The van der Waals surface area contributed by atoms with Gasteiger partial charge < -0.3 is 11.1 Å². The van der Waals surface area contributed by atoms with Crippen LogP contribution in [0.5, 0.6) is 0 Å². The van der Waals surface area contributed by atoms with Gasteiger partial charge in [0.1, 0.15) is 0 Å². The molecule has 1 heterocycles. The van der Waals surface area contributed by atoms with Crippen LogP contribution in [0.4, 0.5) is 0 Å². The minimum atomic E-state index is -0.233. The third-order valence-electron chi connectivity index (χ3n) is 3.70. The van der Waals surface area contributed by atoms with Gasteiger partial charge >= 0.3 is 0 Å². The molecule has 0 atom stereocenters. The maximum atomic E-state index is 10.6. The Morgan fingerprint density at radius 2 is 2.21 bits per heavy atom. The Labute approximate surface area is 114 Å². The van der Waals surface area contributed by atoms with Crippen molar-refractivity contribution in [2.45, 2.75) is 57.5 Å². The number of nitrogens with zero attached hydrogens (tertiary/aromatic N) is 2. The molecule has 5 heteroatoms. The molecule has 0 unspecified atom stereocenters. The molecule has 5 nitrogen and oxygen atoms in total. The summed E-state index contributed by atoms with van der Waals surface area (Å²) >= 11 is 0. The lowest BCUT2D eigenvalue weighted by Gasteiger charge is -2.21. The van der Waals surface area contributed by atoms with E-state index >= 15 is 0 Å². The van der Waals surface area contributed by atoms with Crippen LogP contribution < -0.4 is 11.1 Å². The van der Waals surface area contributed by atoms with Crippen molar-refractivity contribution in [3.63, 3.8) is 0 Å². The van der Waals surface area contributed by atoms with E-state index in [4.69, 9.17) is 5.73 Å². The van der Waals surface area contributed by atoms with E-state index in [0.717, 1.165) is 25.2 Å². The molecule has 0 bridgehead atoms. The second-order valence-corrected chi connectivity index (χ2v) is 5.33. The highest BCUT2D eigenvalue weighted by Gasteiger charge is 2.15. The lowest BCUT2D eigenvalue weighted by Crippen LogP contribution is -2.19. The molecule has 0 spiro atoms. The van der Waals surface area contributed by atoms with Crippen LogP contribution in [0, 0.1) is 0 Å². The van der Waals surface area contributed by atoms with E-state index in [-0.39, 0.29) is 5.91 Å². The summed E-state index contributed by atoms with van der Waals surface area (Å²) in [7, 11) is 0. The number of hydrogen-bond acceptors (Lipinski definition) is 3. The fraction of sp³-hybridized carbons (Fsp3) is 0.714. The van der Waals surface area contributed by atoms with E-state index < -0.39 is 0 Å². The Hall–Kier alpha value is -1.36. The topological polar surface area (TPSA) is 72.9 Å². The highest BCUT2D eigenvalue weighted by atomic mass is 16.1. The van der Waals surface area contributed by atoms with Crippen LogP contribution in [0.25, 0.3) is 0 Å². The first-order chi connectivity index (χ1) is 9.25. The monoisotopic (exact) mass is 264 g/mol. The van der Waals surface area contributed by atoms with E-state index in [2.05, 4.69) is 27.4 Å². The van der Waals surface area contributed by atoms with Gasteiger partial charge in [0, 0.05) is 19.2 Å². The largest absolute Gasteiger partial charge is 0.370 e. The van der Waals surface area contributed by atoms with Crippen LogP contribution in [0.2, 0.25) is 0 Å². The summed E-state index contributed by atoms with van der Waals surface area (Å²) in [5.41, 5.74) is 6.16. The molecule has 1 aromatic heterocycles. The number of rotatable bonds is 7. The normalized spacial score (nSPS) is 16.6. The third-order valence-corrected chi connectivity index (χ3v) is 3.70. The quantitative estimate of drug-likeness (QED) is 0.737. The minimum absolute atomic E-state index is 0.233. The number of nitrogens with two attached hydrogens (primary N) is 1. The summed E-state index contributed by atoms with van der Waals surface area (Å²) < 4.78 is 2.12. The van der Waals surface area contributed by atoms with E-state index in [1.807, 2.05) is 0 Å². The fourth-order valence-electron chi connectivity index (χ4n) is 2.62. The van der Waals surface area contributed by atoms with Gasteiger partial charge in [-0.15, -0.1) is 0 Å². The van der Waals surface area contributed by atoms with Gasteiger partial charge in [-0.2, -0.15) is 5.10 Å². The first-order valence-corrected chi connectivity index (χ1v) is 7.29. The van der Waals surface area contributed by atoms with Crippen LogP contribution in [0.15, 0.2) is 12.3 Å². The molecule has 3 N–H and O–H groups in total. The van der Waals surface area contributed by atoms with Gasteiger partial charge in [-0.3, -0.25) is 9.48 Å². The lowest BCUT2D eigenvalue weighted by atomic mass is 9.96. The molecule has 0 radical (unpaired) electrons. The van der Waals surface area contributed by atoms with Gasteiger partial charge in [-0.1, -0.05) is 19.3 Å². The molecule has 19 heavy (non-hydrogen) atoms. The second kappa shape index (κ2) is 7.28. The molecule has 106 valence electrons. The van der Waals surface area contributed by atoms with Crippen LogP contribution in [0.3, 0.4) is 0 Å². The molecule has 1 aromatic rings. The zero-order chi connectivity index (χ0) is 13.5. The number of amides is 1. The van der Waals surface area contributed by atoms with E-state index in [1.165, 1.54) is 32.1 Å². The smallest absolute Gasteiger partial charge is 0.217 e. The molecule has 0 aromatic carbocycles. The van der Waals surface area contributed by atoms with Gasteiger partial charge in [-0.05, 0) is 31.9 Å². The molecular weight excluding hydrogens is 240 g/mol. The van der Waals surface area contributed by atoms with E-state index in [9.17, 15) is 4.79 Å². The van der Waals surface area contributed by atoms with Crippen molar-refractivity contribution in [3.05, 3.63) is 18.0 Å². The first-order valence-electron chi connectivity index (χ1n) is 7.29. The van der Waals surface area contributed by atoms with E-state index in [1.54, 1.807) is 0 Å². The van der Waals surface area contributed by atoms with Gasteiger partial charge in [0.05, 0.1) is 11.7 Å². The maximum Gasteiger partial charge on any atom is 0.217 e. The number of nitrogens with one attached hydrogen (secondary N) is 1. The molecular formula is C14H24N4O. The summed E-state index contributed by atoms with van der Waals surface area (Å²) in [6.45, 7) is 1.57. The predicted octanol–water partition coefficient (Wildman–Crippen LogP) is 1.74. The average molecular weight is 264 g/mol. The Morgan fingerprint density at radius 1 is 1.42 bits per heavy atom. The molecule has 1 aliphatic rings. The summed E-state index contributed by atoms with van der Waals surface area (Å²) in [5.74, 6) is -0.233. The summed E-state index contributed by atoms with van der Waals surface area (Å²) in [6.07, 6.45) is 9.86. The predicted molar refractivity (Wildman–Crippen MR) is 74.5 cm³/mol. The SMILES string of the molecule is NC(=O)CCCNCc1ccn(C2CCCCC2)n1. The fourth-order valence-corrected chi connectivity index (χ4v) is 2.62. The van der Waals surface area contributed by atoms with Crippen LogP contribution in [0.1, 0.15) is 56.7 Å². The summed E-state index contributed by atoms with van der Waals surface area (Å²) in [5, 5.41) is 7.92. The summed E-state index contributed by atoms with van der Waals surface area (Å²) in [4.78, 5) is 10.6. The number of hydrogen-bond donors (Lipinski definition) is 2.